The van der Waals surface area contributed by atoms with Gasteiger partial charge in [-0.05, 0) is 48.5 Å². The summed E-state index contributed by atoms with van der Waals surface area (Å²) in [5, 5.41) is 12.8. The lowest BCUT2D eigenvalue weighted by Gasteiger charge is -2.08. The summed E-state index contributed by atoms with van der Waals surface area (Å²) in [5.74, 6) is -0.404. The molecule has 2 aromatic heterocycles. The average Bonchev–Trinajstić information content (AvgIpc) is 2.73. The molecule has 1 amide bonds. The van der Waals surface area contributed by atoms with E-state index in [1.54, 1.807) is 24.3 Å². The van der Waals surface area contributed by atoms with Crippen molar-refractivity contribution in [3.63, 3.8) is 0 Å². The zero-order chi connectivity index (χ0) is 22.0. The van der Waals surface area contributed by atoms with Gasteiger partial charge < -0.3 is 14.8 Å². The van der Waals surface area contributed by atoms with E-state index in [2.05, 4.69) is 15.3 Å². The van der Waals surface area contributed by atoms with Gasteiger partial charge in [0.15, 0.2) is 0 Å². The van der Waals surface area contributed by atoms with Crippen molar-refractivity contribution < 1.29 is 27.5 Å². The molecule has 0 bridgehead atoms. The number of aromatic nitrogens is 1. The van der Waals surface area contributed by atoms with Crippen LogP contribution in [0.5, 0.6) is 5.75 Å². The van der Waals surface area contributed by atoms with Crippen LogP contribution in [0.15, 0.2) is 82.3 Å². The fraction of sp³-hybridized carbons (Fsp3) is 0.0455. The molecule has 0 saturated carbocycles. The highest BCUT2D eigenvalue weighted by molar-refractivity contribution is 6.05. The first kappa shape index (κ1) is 20.1. The summed E-state index contributed by atoms with van der Waals surface area (Å²) in [7, 11) is 0. The fourth-order valence-corrected chi connectivity index (χ4v) is 2.84. The van der Waals surface area contributed by atoms with Crippen LogP contribution in [-0.4, -0.2) is 16.0 Å². The molecule has 0 aliphatic rings. The molecule has 0 saturated heterocycles. The minimum absolute atomic E-state index is 0.0127. The Kier molecular flexibility index (Phi) is 5.16. The molecular formula is C22H14F3N3O3. The number of carbonyl (C=O) groups is 1. The van der Waals surface area contributed by atoms with Gasteiger partial charge in [0.05, 0.1) is 11.3 Å². The molecule has 0 spiro atoms. The lowest BCUT2D eigenvalue weighted by atomic mass is 10.1. The van der Waals surface area contributed by atoms with E-state index in [9.17, 15) is 23.1 Å². The van der Waals surface area contributed by atoms with E-state index in [0.717, 1.165) is 12.1 Å². The van der Waals surface area contributed by atoms with Crippen molar-refractivity contribution in [2.45, 2.75) is 6.18 Å². The number of phenols is 1. The third-order valence-electron chi connectivity index (χ3n) is 4.29. The highest BCUT2D eigenvalue weighted by Gasteiger charge is 2.30. The number of aromatic hydroxyl groups is 1. The van der Waals surface area contributed by atoms with Crippen molar-refractivity contribution in [2.24, 2.45) is 4.99 Å². The van der Waals surface area contributed by atoms with Crippen molar-refractivity contribution in [3.8, 4) is 5.75 Å². The number of hydrogen-bond donors (Lipinski definition) is 2. The zero-order valence-electron chi connectivity index (χ0n) is 15.7. The second kappa shape index (κ2) is 7.94. The van der Waals surface area contributed by atoms with E-state index in [0.29, 0.717) is 5.39 Å². The van der Waals surface area contributed by atoms with Crippen LogP contribution in [0.3, 0.4) is 0 Å². The number of fused-ring (bicyclic) bond motifs is 1. The van der Waals surface area contributed by atoms with Gasteiger partial charge in [-0.15, -0.1) is 0 Å². The minimum Gasteiger partial charge on any atom is -0.508 e. The number of benzene rings is 2. The predicted molar refractivity (Wildman–Crippen MR) is 107 cm³/mol. The van der Waals surface area contributed by atoms with Gasteiger partial charge in [-0.1, -0.05) is 12.1 Å². The number of hydrogen-bond acceptors (Lipinski definition) is 5. The Balaban J connectivity index is 1.87. The monoisotopic (exact) mass is 425 g/mol. The maximum absolute atomic E-state index is 13.0. The Morgan fingerprint density at radius 3 is 2.61 bits per heavy atom. The summed E-state index contributed by atoms with van der Waals surface area (Å²) in [6.07, 6.45) is -3.05. The normalized spacial score (nSPS) is 12.2. The molecule has 0 aliphatic carbocycles. The highest BCUT2D eigenvalue weighted by atomic mass is 19.4. The van der Waals surface area contributed by atoms with Gasteiger partial charge in [-0.2, -0.15) is 13.2 Å². The van der Waals surface area contributed by atoms with Crippen LogP contribution < -0.4 is 10.9 Å². The van der Waals surface area contributed by atoms with E-state index in [1.807, 2.05) is 0 Å². The van der Waals surface area contributed by atoms with Gasteiger partial charge in [0, 0.05) is 17.6 Å². The number of phenolic OH excluding ortho intramolecular Hbond substituents is 1. The Morgan fingerprint density at radius 1 is 1.03 bits per heavy atom. The third-order valence-corrected chi connectivity index (χ3v) is 4.29. The SMILES string of the molecule is O=C(Nc1ccccn1)c1cc2ccc(O)cc2oc1=Nc1cccc(C(F)(F)F)c1. The van der Waals surface area contributed by atoms with Gasteiger partial charge in [0.1, 0.15) is 22.7 Å². The van der Waals surface area contributed by atoms with Gasteiger partial charge in [0.25, 0.3) is 5.91 Å². The minimum atomic E-state index is -4.54. The summed E-state index contributed by atoms with van der Waals surface area (Å²) in [5.41, 5.74) is -0.955. The molecule has 0 fully saturated rings. The molecule has 31 heavy (non-hydrogen) atoms. The first-order chi connectivity index (χ1) is 14.8. The van der Waals surface area contributed by atoms with Crippen LogP contribution in [0.25, 0.3) is 11.0 Å². The third kappa shape index (κ3) is 4.55. The number of alkyl halides is 3. The van der Waals surface area contributed by atoms with E-state index < -0.39 is 17.6 Å². The molecule has 2 aromatic carbocycles. The largest absolute Gasteiger partial charge is 0.508 e. The standard InChI is InChI=1S/C22H14F3N3O3/c23-22(24,25)14-4-3-5-15(11-14)27-21-17(20(30)28-19-6-1-2-9-26-19)10-13-7-8-16(29)12-18(13)31-21/h1-12,29H,(H,26,28,30). The Bertz CT molecular complexity index is 1330. The van der Waals surface area contributed by atoms with Crippen LogP contribution in [0.2, 0.25) is 0 Å². The van der Waals surface area contributed by atoms with Gasteiger partial charge >= 0.3 is 6.18 Å². The maximum Gasteiger partial charge on any atom is 0.416 e. The van der Waals surface area contributed by atoms with Crippen LogP contribution in [0.4, 0.5) is 24.7 Å². The molecule has 0 radical (unpaired) electrons. The zero-order valence-corrected chi connectivity index (χ0v) is 15.7. The Morgan fingerprint density at radius 2 is 1.87 bits per heavy atom. The van der Waals surface area contributed by atoms with Crippen LogP contribution >= 0.6 is 0 Å². The van der Waals surface area contributed by atoms with Crippen molar-refractivity contribution in [1.82, 2.24) is 4.98 Å². The number of halogens is 3. The van der Waals surface area contributed by atoms with E-state index in [1.165, 1.54) is 36.5 Å². The Labute approximate surface area is 173 Å². The summed E-state index contributed by atoms with van der Waals surface area (Å²) in [4.78, 5) is 21.0. The van der Waals surface area contributed by atoms with Crippen molar-refractivity contribution in [2.75, 3.05) is 5.32 Å². The first-order valence-electron chi connectivity index (χ1n) is 9.01. The molecule has 0 unspecified atom stereocenters. The number of nitrogens with one attached hydrogen (secondary N) is 1. The van der Waals surface area contributed by atoms with Crippen LogP contribution in [0.1, 0.15) is 15.9 Å². The number of pyridine rings is 1. The molecular weight excluding hydrogens is 411 g/mol. The van der Waals surface area contributed by atoms with Gasteiger partial charge in [-0.25, -0.2) is 9.98 Å². The summed E-state index contributed by atoms with van der Waals surface area (Å²) >= 11 is 0. The van der Waals surface area contributed by atoms with Crippen molar-refractivity contribution in [1.29, 1.82) is 0 Å². The second-order valence-corrected chi connectivity index (χ2v) is 6.52. The van der Waals surface area contributed by atoms with Crippen LogP contribution in [-0.2, 0) is 6.18 Å². The topological polar surface area (TPSA) is 87.7 Å². The van der Waals surface area contributed by atoms with Gasteiger partial charge in [0.2, 0.25) is 5.55 Å². The van der Waals surface area contributed by atoms with E-state index in [-0.39, 0.29) is 34.0 Å². The summed E-state index contributed by atoms with van der Waals surface area (Å²) < 4.78 is 44.8. The maximum atomic E-state index is 13.0. The smallest absolute Gasteiger partial charge is 0.416 e. The predicted octanol–water partition coefficient (Wildman–Crippen LogP) is 5.04. The lowest BCUT2D eigenvalue weighted by molar-refractivity contribution is -0.137. The van der Waals surface area contributed by atoms with Crippen molar-refractivity contribution >= 4 is 28.4 Å². The molecule has 0 aliphatic heterocycles. The van der Waals surface area contributed by atoms with Gasteiger partial charge in [-0.3, -0.25) is 4.79 Å². The lowest BCUT2D eigenvalue weighted by Crippen LogP contribution is -2.22. The van der Waals surface area contributed by atoms with E-state index in [4.69, 9.17) is 4.42 Å². The summed E-state index contributed by atoms with van der Waals surface area (Å²) in [6.45, 7) is 0. The van der Waals surface area contributed by atoms with E-state index >= 15 is 0 Å². The molecule has 6 nitrogen and oxygen atoms in total. The molecule has 4 rings (SSSR count). The molecule has 156 valence electrons. The first-order valence-corrected chi connectivity index (χ1v) is 9.01. The Hall–Kier alpha value is -4.14. The summed E-state index contributed by atoms with van der Waals surface area (Å²) in [6, 6.07) is 15.0. The second-order valence-electron chi connectivity index (χ2n) is 6.52. The average molecular weight is 425 g/mol. The molecule has 2 heterocycles. The number of rotatable bonds is 3. The molecule has 2 N–H and O–H groups in total. The molecule has 9 heteroatoms. The fourth-order valence-electron chi connectivity index (χ4n) is 2.84. The number of anilines is 1. The number of nitrogens with zero attached hydrogens (tertiary/aromatic N) is 2. The van der Waals surface area contributed by atoms with Crippen LogP contribution in [0, 0.1) is 0 Å². The quantitative estimate of drug-likeness (QED) is 0.482. The molecule has 0 atom stereocenters. The number of amides is 1. The number of carbonyl (C=O) groups excluding carboxylic acids is 1. The van der Waals surface area contributed by atoms with Crippen molar-refractivity contribution in [3.05, 3.63) is 89.6 Å². The molecule has 4 aromatic rings. The highest BCUT2D eigenvalue weighted by Crippen LogP contribution is 2.31.